The first kappa shape index (κ1) is 13.1. The summed E-state index contributed by atoms with van der Waals surface area (Å²) in [4.78, 5) is 21.4. The van der Waals surface area contributed by atoms with E-state index in [0.717, 1.165) is 44.7 Å². The van der Waals surface area contributed by atoms with Crippen LogP contribution in [0, 0.1) is 17.8 Å². The van der Waals surface area contributed by atoms with Crippen LogP contribution >= 0.6 is 0 Å². The molecule has 0 radical (unpaired) electrons. The highest BCUT2D eigenvalue weighted by Gasteiger charge is 2.25. The zero-order chi connectivity index (χ0) is 11.8. The Morgan fingerprint density at radius 1 is 1.12 bits per heavy atom. The summed E-state index contributed by atoms with van der Waals surface area (Å²) in [5, 5.41) is 0. The SMILES string of the molecule is CCC/C=C/C1CCC(C(C=O)C=O)CC1. The number of aldehydes is 2. The lowest BCUT2D eigenvalue weighted by molar-refractivity contribution is -0.121. The molecule has 0 amide bonds. The molecule has 0 aromatic heterocycles. The van der Waals surface area contributed by atoms with E-state index in [9.17, 15) is 9.59 Å². The van der Waals surface area contributed by atoms with Gasteiger partial charge in [-0.2, -0.15) is 0 Å². The monoisotopic (exact) mass is 222 g/mol. The Bertz CT molecular complexity index is 229. The number of hydrogen-bond donors (Lipinski definition) is 0. The van der Waals surface area contributed by atoms with Crippen LogP contribution in [-0.4, -0.2) is 12.6 Å². The van der Waals surface area contributed by atoms with Gasteiger partial charge in [0.05, 0.1) is 5.92 Å². The highest BCUT2D eigenvalue weighted by atomic mass is 16.1. The fourth-order valence-corrected chi connectivity index (χ4v) is 2.43. The second-order valence-electron chi connectivity index (χ2n) is 4.74. The number of carbonyl (C=O) groups is 2. The normalized spacial score (nSPS) is 26.1. The molecule has 2 nitrogen and oxygen atoms in total. The predicted molar refractivity (Wildman–Crippen MR) is 65.1 cm³/mol. The molecule has 0 aliphatic heterocycles. The van der Waals surface area contributed by atoms with E-state index >= 15 is 0 Å². The maximum Gasteiger partial charge on any atom is 0.130 e. The zero-order valence-corrected chi connectivity index (χ0v) is 10.1. The van der Waals surface area contributed by atoms with Gasteiger partial charge >= 0.3 is 0 Å². The zero-order valence-electron chi connectivity index (χ0n) is 10.1. The summed E-state index contributed by atoms with van der Waals surface area (Å²) in [7, 11) is 0. The van der Waals surface area contributed by atoms with Crippen molar-refractivity contribution in [1.82, 2.24) is 0 Å². The molecule has 0 aromatic rings. The molecule has 1 rings (SSSR count). The summed E-state index contributed by atoms with van der Waals surface area (Å²) >= 11 is 0. The lowest BCUT2D eigenvalue weighted by Gasteiger charge is -2.28. The van der Waals surface area contributed by atoms with Crippen molar-refractivity contribution >= 4 is 12.6 Å². The Morgan fingerprint density at radius 2 is 1.75 bits per heavy atom. The van der Waals surface area contributed by atoms with Crippen LogP contribution in [0.5, 0.6) is 0 Å². The molecule has 16 heavy (non-hydrogen) atoms. The van der Waals surface area contributed by atoms with Crippen molar-refractivity contribution in [3.63, 3.8) is 0 Å². The summed E-state index contributed by atoms with van der Waals surface area (Å²) in [6.45, 7) is 2.18. The van der Waals surface area contributed by atoms with E-state index in [1.807, 2.05) is 0 Å². The molecule has 0 bridgehead atoms. The summed E-state index contributed by atoms with van der Waals surface area (Å²) in [6.07, 6.45) is 12.8. The molecule has 0 spiro atoms. The molecule has 1 aliphatic carbocycles. The Kier molecular flexibility index (Phi) is 6.05. The van der Waals surface area contributed by atoms with Gasteiger partial charge in [-0.15, -0.1) is 0 Å². The van der Waals surface area contributed by atoms with Crippen LogP contribution in [0.2, 0.25) is 0 Å². The van der Waals surface area contributed by atoms with Crippen molar-refractivity contribution in [3.8, 4) is 0 Å². The molecular formula is C14H22O2. The van der Waals surface area contributed by atoms with E-state index in [-0.39, 0.29) is 5.92 Å². The van der Waals surface area contributed by atoms with Gasteiger partial charge in [0, 0.05) is 0 Å². The highest BCUT2D eigenvalue weighted by Crippen LogP contribution is 2.33. The maximum absolute atomic E-state index is 10.7. The fourth-order valence-electron chi connectivity index (χ4n) is 2.43. The minimum atomic E-state index is -0.361. The van der Waals surface area contributed by atoms with Gasteiger partial charge in [-0.25, -0.2) is 0 Å². The second kappa shape index (κ2) is 7.37. The van der Waals surface area contributed by atoms with E-state index in [1.165, 1.54) is 6.42 Å². The topological polar surface area (TPSA) is 34.1 Å². The number of allylic oxidation sites excluding steroid dienone is 2. The number of rotatable bonds is 6. The summed E-state index contributed by atoms with van der Waals surface area (Å²) in [5.74, 6) is 0.605. The van der Waals surface area contributed by atoms with E-state index in [0.29, 0.717) is 11.8 Å². The van der Waals surface area contributed by atoms with E-state index in [2.05, 4.69) is 19.1 Å². The molecule has 90 valence electrons. The molecule has 0 heterocycles. The van der Waals surface area contributed by atoms with Crippen LogP contribution in [0.3, 0.4) is 0 Å². The molecule has 1 fully saturated rings. The third-order valence-corrected chi connectivity index (χ3v) is 3.54. The molecule has 0 N–H and O–H groups in total. The van der Waals surface area contributed by atoms with Crippen LogP contribution in [0.15, 0.2) is 12.2 Å². The average molecular weight is 222 g/mol. The number of carbonyl (C=O) groups excluding carboxylic acids is 2. The second-order valence-corrected chi connectivity index (χ2v) is 4.74. The first-order chi connectivity index (χ1) is 7.81. The van der Waals surface area contributed by atoms with Crippen molar-refractivity contribution in [2.24, 2.45) is 17.8 Å². The molecule has 0 saturated heterocycles. The van der Waals surface area contributed by atoms with E-state index in [4.69, 9.17) is 0 Å². The molecule has 1 aliphatic rings. The summed E-state index contributed by atoms with van der Waals surface area (Å²) < 4.78 is 0. The van der Waals surface area contributed by atoms with Crippen LogP contribution in [0.1, 0.15) is 45.4 Å². The lowest BCUT2D eigenvalue weighted by Crippen LogP contribution is -2.23. The first-order valence-corrected chi connectivity index (χ1v) is 6.39. The van der Waals surface area contributed by atoms with E-state index in [1.54, 1.807) is 0 Å². The van der Waals surface area contributed by atoms with Gasteiger partial charge in [-0.05, 0) is 43.9 Å². The average Bonchev–Trinajstić information content (AvgIpc) is 2.33. The Balaban J connectivity index is 2.33. The standard InChI is InChI=1S/C14H22O2/c1-2-3-4-5-12-6-8-13(9-7-12)14(10-15)11-16/h4-5,10-14H,2-3,6-9H2,1H3/b5-4+. The molecule has 0 atom stereocenters. The van der Waals surface area contributed by atoms with Crippen molar-refractivity contribution in [2.75, 3.05) is 0 Å². The minimum Gasteiger partial charge on any atom is -0.303 e. The van der Waals surface area contributed by atoms with Crippen molar-refractivity contribution in [3.05, 3.63) is 12.2 Å². The number of hydrogen-bond acceptors (Lipinski definition) is 2. The minimum absolute atomic E-state index is 0.297. The lowest BCUT2D eigenvalue weighted by atomic mass is 9.76. The first-order valence-electron chi connectivity index (χ1n) is 6.39. The Hall–Kier alpha value is -0.920. The molecular weight excluding hydrogens is 200 g/mol. The quantitative estimate of drug-likeness (QED) is 0.393. The van der Waals surface area contributed by atoms with Gasteiger partial charge in [0.15, 0.2) is 0 Å². The molecule has 2 heteroatoms. The third kappa shape index (κ3) is 3.92. The largest absolute Gasteiger partial charge is 0.303 e. The smallest absolute Gasteiger partial charge is 0.130 e. The van der Waals surface area contributed by atoms with Crippen molar-refractivity contribution in [2.45, 2.75) is 45.4 Å². The Labute approximate surface area is 98.1 Å². The summed E-state index contributed by atoms with van der Waals surface area (Å²) in [5.41, 5.74) is 0. The van der Waals surface area contributed by atoms with Crippen LogP contribution in [0.4, 0.5) is 0 Å². The van der Waals surface area contributed by atoms with Crippen LogP contribution < -0.4 is 0 Å². The van der Waals surface area contributed by atoms with Gasteiger partial charge in [-0.1, -0.05) is 25.5 Å². The summed E-state index contributed by atoms with van der Waals surface area (Å²) in [6, 6.07) is 0. The van der Waals surface area contributed by atoms with Crippen LogP contribution in [0.25, 0.3) is 0 Å². The Morgan fingerprint density at radius 3 is 2.25 bits per heavy atom. The van der Waals surface area contributed by atoms with E-state index < -0.39 is 0 Å². The fraction of sp³-hybridized carbons (Fsp3) is 0.714. The van der Waals surface area contributed by atoms with Crippen molar-refractivity contribution < 1.29 is 9.59 Å². The van der Waals surface area contributed by atoms with Crippen molar-refractivity contribution in [1.29, 1.82) is 0 Å². The van der Waals surface area contributed by atoms with Crippen LogP contribution in [-0.2, 0) is 9.59 Å². The van der Waals surface area contributed by atoms with Gasteiger partial charge < -0.3 is 9.59 Å². The molecule has 1 saturated carbocycles. The van der Waals surface area contributed by atoms with Gasteiger partial charge in [0.1, 0.15) is 12.6 Å². The molecule has 0 aromatic carbocycles. The molecule has 0 unspecified atom stereocenters. The van der Waals surface area contributed by atoms with Gasteiger partial charge in [-0.3, -0.25) is 0 Å². The predicted octanol–water partition coefficient (Wildman–Crippen LogP) is 3.16. The third-order valence-electron chi connectivity index (χ3n) is 3.54. The highest BCUT2D eigenvalue weighted by molar-refractivity contribution is 5.77. The number of unbranched alkanes of at least 4 members (excludes halogenated alkanes) is 1. The van der Waals surface area contributed by atoms with Gasteiger partial charge in [0.2, 0.25) is 0 Å². The maximum atomic E-state index is 10.7. The van der Waals surface area contributed by atoms with Gasteiger partial charge in [0.25, 0.3) is 0 Å².